The van der Waals surface area contributed by atoms with Crippen LogP contribution in [0, 0.1) is 6.92 Å². The van der Waals surface area contributed by atoms with Gasteiger partial charge in [0.1, 0.15) is 17.0 Å². The summed E-state index contributed by atoms with van der Waals surface area (Å²) in [7, 11) is 2.91. The van der Waals surface area contributed by atoms with Gasteiger partial charge in [-0.1, -0.05) is 17.4 Å². The van der Waals surface area contributed by atoms with Gasteiger partial charge in [-0.2, -0.15) is 0 Å². The van der Waals surface area contributed by atoms with Gasteiger partial charge < -0.3 is 13.9 Å². The fourth-order valence-electron chi connectivity index (χ4n) is 3.19. The lowest BCUT2D eigenvalue weighted by Crippen LogP contribution is -2.30. The minimum atomic E-state index is -0.458. The van der Waals surface area contributed by atoms with E-state index in [4.69, 9.17) is 18.9 Å². The van der Waals surface area contributed by atoms with Crippen LogP contribution in [0.3, 0.4) is 0 Å². The molecule has 0 bridgehead atoms. The highest BCUT2D eigenvalue weighted by molar-refractivity contribution is 7.22. The summed E-state index contributed by atoms with van der Waals surface area (Å²) in [6, 6.07) is 13.7. The predicted octanol–water partition coefficient (Wildman–Crippen LogP) is 4.84. The van der Waals surface area contributed by atoms with Gasteiger partial charge >= 0.3 is 5.97 Å². The molecule has 0 aliphatic rings. The summed E-state index contributed by atoms with van der Waals surface area (Å²) in [5.74, 6) is 0.557. The fourth-order valence-corrected chi connectivity index (χ4v) is 4.23. The third-order valence-electron chi connectivity index (χ3n) is 4.84. The highest BCUT2D eigenvalue weighted by atomic mass is 32.1. The highest BCUT2D eigenvalue weighted by Crippen LogP contribution is 2.37. The molecule has 0 saturated carbocycles. The maximum atomic E-state index is 13.4. The van der Waals surface area contributed by atoms with Gasteiger partial charge in [-0.15, -0.1) is 0 Å². The number of fused-ring (bicyclic) bond motifs is 1. The first-order chi connectivity index (χ1) is 15.0. The maximum absolute atomic E-state index is 13.4. The largest absolute Gasteiger partial charge is 0.494 e. The Morgan fingerprint density at radius 3 is 2.45 bits per heavy atom. The smallest absolute Gasteiger partial charge is 0.337 e. The number of aryl methyl sites for hydroxylation is 1. The summed E-state index contributed by atoms with van der Waals surface area (Å²) >= 11 is 1.42. The minimum absolute atomic E-state index is 0.214. The zero-order valence-corrected chi connectivity index (χ0v) is 18.1. The second-order valence-electron chi connectivity index (χ2n) is 6.80. The number of ether oxygens (including phenoxy) is 2. The molecule has 8 heteroatoms. The predicted molar refractivity (Wildman–Crippen MR) is 118 cm³/mol. The molecule has 2 heterocycles. The number of thiazole rings is 1. The third kappa shape index (κ3) is 4.02. The van der Waals surface area contributed by atoms with Gasteiger partial charge in [-0.25, -0.2) is 9.78 Å². The van der Waals surface area contributed by atoms with Gasteiger partial charge in [0.2, 0.25) is 0 Å². The van der Waals surface area contributed by atoms with Crippen molar-refractivity contribution in [3.63, 3.8) is 0 Å². The Hall–Kier alpha value is -3.65. The molecule has 0 N–H and O–H groups in total. The van der Waals surface area contributed by atoms with Gasteiger partial charge in [0, 0.05) is 5.56 Å². The van der Waals surface area contributed by atoms with Crippen LogP contribution >= 0.6 is 11.3 Å². The molecule has 4 aromatic rings. The Morgan fingerprint density at radius 1 is 1.06 bits per heavy atom. The number of hydrogen-bond acceptors (Lipinski definition) is 7. The molecule has 31 heavy (non-hydrogen) atoms. The van der Waals surface area contributed by atoms with E-state index in [2.05, 4.69) is 0 Å². The number of furan rings is 1. The highest BCUT2D eigenvalue weighted by Gasteiger charge is 2.24. The van der Waals surface area contributed by atoms with Crippen LogP contribution in [0.25, 0.3) is 10.2 Å². The number of anilines is 1. The van der Waals surface area contributed by atoms with Crippen LogP contribution in [0.2, 0.25) is 0 Å². The molecule has 1 amide bonds. The zero-order chi connectivity index (χ0) is 22.0. The van der Waals surface area contributed by atoms with E-state index in [9.17, 15) is 9.59 Å². The molecule has 0 saturated heterocycles. The van der Waals surface area contributed by atoms with E-state index in [-0.39, 0.29) is 12.5 Å². The topological polar surface area (TPSA) is 81.9 Å². The number of carbonyl (C=O) groups is 2. The first kappa shape index (κ1) is 20.6. The molecule has 0 spiro atoms. The van der Waals surface area contributed by atoms with Crippen molar-refractivity contribution in [1.82, 2.24) is 4.98 Å². The number of esters is 1. The summed E-state index contributed by atoms with van der Waals surface area (Å²) in [5.41, 5.74) is 2.55. The normalized spacial score (nSPS) is 10.8. The van der Waals surface area contributed by atoms with Crippen molar-refractivity contribution in [2.24, 2.45) is 0 Å². The average Bonchev–Trinajstić information content (AvgIpc) is 3.47. The van der Waals surface area contributed by atoms with Crippen molar-refractivity contribution in [2.45, 2.75) is 13.5 Å². The Bertz CT molecular complexity index is 1230. The Morgan fingerprint density at radius 2 is 1.81 bits per heavy atom. The maximum Gasteiger partial charge on any atom is 0.337 e. The number of methoxy groups -OCH3 is 2. The molecule has 4 rings (SSSR count). The summed E-state index contributed by atoms with van der Waals surface area (Å²) < 4.78 is 16.6. The number of carbonyl (C=O) groups excluding carboxylic acids is 2. The number of aromatic nitrogens is 1. The van der Waals surface area contributed by atoms with E-state index in [0.717, 1.165) is 10.3 Å². The molecule has 0 atom stereocenters. The first-order valence-electron chi connectivity index (χ1n) is 9.48. The van der Waals surface area contributed by atoms with E-state index < -0.39 is 5.97 Å². The lowest BCUT2D eigenvalue weighted by atomic mass is 10.1. The minimum Gasteiger partial charge on any atom is -0.494 e. The number of hydrogen-bond donors (Lipinski definition) is 0. The van der Waals surface area contributed by atoms with Crippen LogP contribution in [0.15, 0.2) is 59.2 Å². The average molecular weight is 436 g/mol. The standard InChI is InChI=1S/C23H20N2O5S/c1-14-6-11-18(28-2)19-20(14)31-23(24-19)25(13-17-5-4-12-30-17)21(26)15-7-9-16(10-8-15)22(27)29-3/h4-12H,13H2,1-3H3. The Balaban J connectivity index is 1.76. The van der Waals surface area contributed by atoms with Crippen LogP contribution in [0.1, 0.15) is 32.0 Å². The molecule has 0 unspecified atom stereocenters. The van der Waals surface area contributed by atoms with E-state index in [0.29, 0.717) is 33.3 Å². The van der Waals surface area contributed by atoms with Crippen molar-refractivity contribution in [3.05, 3.63) is 77.2 Å². The second kappa shape index (κ2) is 8.61. The quantitative estimate of drug-likeness (QED) is 0.402. The monoisotopic (exact) mass is 436 g/mol. The molecule has 2 aromatic heterocycles. The van der Waals surface area contributed by atoms with Gasteiger partial charge in [0.15, 0.2) is 5.13 Å². The Kier molecular flexibility index (Phi) is 5.73. The summed E-state index contributed by atoms with van der Waals surface area (Å²) in [4.78, 5) is 31.4. The van der Waals surface area contributed by atoms with Gasteiger partial charge in [-0.05, 0) is 55.0 Å². The molecule has 7 nitrogen and oxygen atoms in total. The summed E-state index contributed by atoms with van der Waals surface area (Å²) in [6.07, 6.45) is 1.56. The summed E-state index contributed by atoms with van der Waals surface area (Å²) in [6.45, 7) is 2.21. The van der Waals surface area contributed by atoms with Gasteiger partial charge in [0.05, 0.1) is 37.3 Å². The van der Waals surface area contributed by atoms with Crippen molar-refractivity contribution < 1.29 is 23.5 Å². The van der Waals surface area contributed by atoms with Crippen molar-refractivity contribution in [2.75, 3.05) is 19.1 Å². The lowest BCUT2D eigenvalue weighted by molar-refractivity contribution is 0.0600. The molecule has 0 radical (unpaired) electrons. The van der Waals surface area contributed by atoms with Crippen molar-refractivity contribution >= 4 is 38.6 Å². The van der Waals surface area contributed by atoms with Crippen LogP contribution in [-0.2, 0) is 11.3 Å². The Labute approximate surface area is 182 Å². The fraction of sp³-hybridized carbons (Fsp3) is 0.174. The van der Waals surface area contributed by atoms with Gasteiger partial charge in [-0.3, -0.25) is 9.69 Å². The molecular formula is C23H20N2O5S. The van der Waals surface area contributed by atoms with Crippen molar-refractivity contribution in [3.8, 4) is 5.75 Å². The number of rotatable bonds is 6. The molecule has 0 aliphatic heterocycles. The molecule has 2 aromatic carbocycles. The van der Waals surface area contributed by atoms with Crippen LogP contribution < -0.4 is 9.64 Å². The zero-order valence-electron chi connectivity index (χ0n) is 17.2. The van der Waals surface area contributed by atoms with E-state index in [1.165, 1.54) is 18.4 Å². The van der Waals surface area contributed by atoms with Gasteiger partial charge in [0.25, 0.3) is 5.91 Å². The second-order valence-corrected chi connectivity index (χ2v) is 7.78. The first-order valence-corrected chi connectivity index (χ1v) is 10.3. The molecular weight excluding hydrogens is 416 g/mol. The molecule has 158 valence electrons. The number of nitrogens with zero attached hydrogens (tertiary/aromatic N) is 2. The van der Waals surface area contributed by atoms with Crippen LogP contribution in [0.4, 0.5) is 5.13 Å². The van der Waals surface area contributed by atoms with E-state index >= 15 is 0 Å². The summed E-state index contributed by atoms with van der Waals surface area (Å²) in [5, 5.41) is 0.529. The lowest BCUT2D eigenvalue weighted by Gasteiger charge is -2.19. The molecule has 0 fully saturated rings. The van der Waals surface area contributed by atoms with E-state index in [1.54, 1.807) is 54.7 Å². The van der Waals surface area contributed by atoms with E-state index in [1.807, 2.05) is 19.1 Å². The van der Waals surface area contributed by atoms with Crippen molar-refractivity contribution in [1.29, 1.82) is 0 Å². The molecule has 0 aliphatic carbocycles. The third-order valence-corrected chi connectivity index (χ3v) is 6.05. The van der Waals surface area contributed by atoms with Crippen LogP contribution in [0.5, 0.6) is 5.75 Å². The number of amides is 1. The number of benzene rings is 2. The SMILES string of the molecule is COC(=O)c1ccc(C(=O)N(Cc2ccco2)c2nc3c(OC)ccc(C)c3s2)cc1. The van der Waals surface area contributed by atoms with Crippen LogP contribution in [-0.4, -0.2) is 31.1 Å².